The van der Waals surface area contributed by atoms with Crippen molar-refractivity contribution in [3.8, 4) is 5.69 Å². The number of hydrogen-bond acceptors (Lipinski definition) is 2. The molecule has 0 aliphatic carbocycles. The zero-order chi connectivity index (χ0) is 14.7. The normalized spacial score (nSPS) is 10.3. The Bertz CT molecular complexity index is 769. The van der Waals surface area contributed by atoms with Gasteiger partial charge in [0.05, 0.1) is 0 Å². The maximum Gasteiger partial charge on any atom is 0.274 e. The Labute approximate surface area is 127 Å². The summed E-state index contributed by atoms with van der Waals surface area (Å²) in [5.74, 6) is -0.290. The van der Waals surface area contributed by atoms with Crippen LogP contribution in [0.3, 0.4) is 0 Å². The van der Waals surface area contributed by atoms with Crippen LogP contribution in [-0.4, -0.2) is 15.5 Å². The predicted octanol–water partition coefficient (Wildman–Crippen LogP) is 3.78. The summed E-state index contributed by atoms with van der Waals surface area (Å²) < 4.78 is 1.97. The van der Waals surface area contributed by atoms with Crippen LogP contribution in [0, 0.1) is 0 Å². The molecular weight excluding hydrogens is 286 g/mol. The monoisotopic (exact) mass is 297 g/mol. The van der Waals surface area contributed by atoms with Crippen LogP contribution in [0.2, 0.25) is 5.15 Å². The van der Waals surface area contributed by atoms with Gasteiger partial charge >= 0.3 is 0 Å². The minimum atomic E-state index is -0.290. The number of anilines is 1. The number of halogens is 1. The zero-order valence-electron chi connectivity index (χ0n) is 11.0. The number of pyridine rings is 1. The van der Waals surface area contributed by atoms with Crippen molar-refractivity contribution in [1.82, 2.24) is 9.55 Å². The Hall–Kier alpha value is -2.59. The van der Waals surface area contributed by atoms with E-state index in [0.29, 0.717) is 10.8 Å². The van der Waals surface area contributed by atoms with E-state index in [2.05, 4.69) is 10.3 Å². The third-order valence-corrected chi connectivity index (χ3v) is 3.16. The zero-order valence-corrected chi connectivity index (χ0v) is 11.8. The molecule has 1 aromatic carbocycles. The average Bonchev–Trinajstić information content (AvgIpc) is 3.02. The molecule has 0 atom stereocenters. The highest BCUT2D eigenvalue weighted by molar-refractivity contribution is 6.29. The minimum absolute atomic E-state index is 0.286. The van der Waals surface area contributed by atoms with Gasteiger partial charge in [0.2, 0.25) is 0 Å². The van der Waals surface area contributed by atoms with Crippen LogP contribution < -0.4 is 5.32 Å². The predicted molar refractivity (Wildman–Crippen MR) is 83.0 cm³/mol. The Balaban J connectivity index is 1.82. The van der Waals surface area contributed by atoms with Crippen LogP contribution in [0.1, 0.15) is 10.5 Å². The molecule has 0 fully saturated rings. The van der Waals surface area contributed by atoms with E-state index in [9.17, 15) is 4.79 Å². The molecular formula is C16H12ClN3O. The third-order valence-electron chi connectivity index (χ3n) is 2.95. The summed E-state index contributed by atoms with van der Waals surface area (Å²) >= 11 is 5.79. The van der Waals surface area contributed by atoms with E-state index in [1.54, 1.807) is 18.2 Å². The molecule has 0 saturated carbocycles. The number of rotatable bonds is 3. The lowest BCUT2D eigenvalue weighted by atomic mass is 10.2. The summed E-state index contributed by atoms with van der Waals surface area (Å²) in [6.45, 7) is 0. The number of amides is 1. The van der Waals surface area contributed by atoms with Gasteiger partial charge in [0, 0.05) is 23.8 Å². The Kier molecular flexibility index (Phi) is 3.71. The number of benzene rings is 1. The molecule has 0 aliphatic rings. The van der Waals surface area contributed by atoms with E-state index >= 15 is 0 Å². The molecule has 2 heterocycles. The second kappa shape index (κ2) is 5.81. The van der Waals surface area contributed by atoms with Crippen LogP contribution >= 0.6 is 11.6 Å². The van der Waals surface area contributed by atoms with Gasteiger partial charge in [0.15, 0.2) is 0 Å². The summed E-state index contributed by atoms with van der Waals surface area (Å²) in [6.07, 6.45) is 3.89. The molecule has 104 valence electrons. The van der Waals surface area contributed by atoms with Gasteiger partial charge in [0.1, 0.15) is 10.8 Å². The molecule has 4 nitrogen and oxygen atoms in total. The summed E-state index contributed by atoms with van der Waals surface area (Å²) in [5.41, 5.74) is 1.96. The van der Waals surface area contributed by atoms with Crippen molar-refractivity contribution in [2.24, 2.45) is 0 Å². The Morgan fingerprint density at radius 1 is 1.05 bits per heavy atom. The van der Waals surface area contributed by atoms with Gasteiger partial charge in [-0.3, -0.25) is 4.79 Å². The third kappa shape index (κ3) is 3.12. The molecule has 0 aliphatic heterocycles. The van der Waals surface area contributed by atoms with Crippen molar-refractivity contribution in [2.75, 3.05) is 5.32 Å². The number of carbonyl (C=O) groups is 1. The highest BCUT2D eigenvalue weighted by Crippen LogP contribution is 2.16. The van der Waals surface area contributed by atoms with Crippen molar-refractivity contribution in [2.45, 2.75) is 0 Å². The lowest BCUT2D eigenvalue weighted by molar-refractivity contribution is 0.102. The molecule has 1 N–H and O–H groups in total. The maximum atomic E-state index is 12.1. The van der Waals surface area contributed by atoms with E-state index in [4.69, 9.17) is 11.6 Å². The standard InChI is InChI=1S/C16H12ClN3O/c17-15-8-4-7-14(19-15)16(21)18-12-5-3-6-13(11-12)20-9-1-2-10-20/h1-11H,(H,18,21). The molecule has 0 unspecified atom stereocenters. The van der Waals surface area contributed by atoms with Crippen molar-refractivity contribution in [1.29, 1.82) is 0 Å². The smallest absolute Gasteiger partial charge is 0.274 e. The first-order valence-electron chi connectivity index (χ1n) is 6.40. The first-order valence-corrected chi connectivity index (χ1v) is 6.77. The van der Waals surface area contributed by atoms with Gasteiger partial charge in [-0.05, 0) is 42.5 Å². The van der Waals surface area contributed by atoms with E-state index in [-0.39, 0.29) is 11.6 Å². The topological polar surface area (TPSA) is 46.9 Å². The summed E-state index contributed by atoms with van der Waals surface area (Å²) in [4.78, 5) is 16.1. The van der Waals surface area contributed by atoms with E-state index in [1.165, 1.54) is 0 Å². The molecule has 0 saturated heterocycles. The summed E-state index contributed by atoms with van der Waals surface area (Å²) in [6, 6.07) is 16.4. The summed E-state index contributed by atoms with van der Waals surface area (Å²) in [5, 5.41) is 3.11. The molecule has 2 aromatic heterocycles. The highest BCUT2D eigenvalue weighted by Gasteiger charge is 2.08. The van der Waals surface area contributed by atoms with Crippen molar-refractivity contribution in [3.05, 3.63) is 77.8 Å². The van der Waals surface area contributed by atoms with Gasteiger partial charge in [-0.25, -0.2) is 4.98 Å². The highest BCUT2D eigenvalue weighted by atomic mass is 35.5. The Morgan fingerprint density at radius 3 is 2.57 bits per heavy atom. The SMILES string of the molecule is O=C(Nc1cccc(-n2cccc2)c1)c1cccc(Cl)n1. The van der Waals surface area contributed by atoms with Crippen molar-refractivity contribution >= 4 is 23.2 Å². The number of nitrogens with zero attached hydrogens (tertiary/aromatic N) is 2. The molecule has 1 amide bonds. The number of nitrogens with one attached hydrogen (secondary N) is 1. The van der Waals surface area contributed by atoms with Crippen LogP contribution in [-0.2, 0) is 0 Å². The van der Waals surface area contributed by atoms with E-state index in [0.717, 1.165) is 5.69 Å². The molecule has 3 aromatic rings. The van der Waals surface area contributed by atoms with E-state index in [1.807, 2.05) is 53.4 Å². The lowest BCUT2D eigenvalue weighted by Gasteiger charge is -2.08. The number of carbonyl (C=O) groups excluding carboxylic acids is 1. The quantitative estimate of drug-likeness (QED) is 0.748. The summed E-state index contributed by atoms with van der Waals surface area (Å²) in [7, 11) is 0. The van der Waals surface area contributed by atoms with Crippen LogP contribution in [0.5, 0.6) is 0 Å². The fourth-order valence-corrected chi connectivity index (χ4v) is 2.14. The van der Waals surface area contributed by atoms with Gasteiger partial charge in [0.25, 0.3) is 5.91 Å². The van der Waals surface area contributed by atoms with Gasteiger partial charge in [-0.15, -0.1) is 0 Å². The fraction of sp³-hybridized carbons (Fsp3) is 0. The molecule has 3 rings (SSSR count). The largest absolute Gasteiger partial charge is 0.324 e. The van der Waals surface area contributed by atoms with Gasteiger partial charge < -0.3 is 9.88 Å². The van der Waals surface area contributed by atoms with Crippen molar-refractivity contribution in [3.63, 3.8) is 0 Å². The average molecular weight is 298 g/mol. The van der Waals surface area contributed by atoms with E-state index < -0.39 is 0 Å². The lowest BCUT2D eigenvalue weighted by Crippen LogP contribution is -2.13. The fourth-order valence-electron chi connectivity index (χ4n) is 1.98. The second-order valence-electron chi connectivity index (χ2n) is 4.44. The minimum Gasteiger partial charge on any atom is -0.324 e. The van der Waals surface area contributed by atoms with Gasteiger partial charge in [-0.1, -0.05) is 23.7 Å². The van der Waals surface area contributed by atoms with Crippen molar-refractivity contribution < 1.29 is 4.79 Å². The van der Waals surface area contributed by atoms with Crippen LogP contribution in [0.15, 0.2) is 67.0 Å². The number of aromatic nitrogens is 2. The van der Waals surface area contributed by atoms with Gasteiger partial charge in [-0.2, -0.15) is 0 Å². The van der Waals surface area contributed by atoms with Crippen LogP contribution in [0.4, 0.5) is 5.69 Å². The first-order chi connectivity index (χ1) is 10.2. The molecule has 0 spiro atoms. The second-order valence-corrected chi connectivity index (χ2v) is 4.83. The number of hydrogen-bond donors (Lipinski definition) is 1. The van der Waals surface area contributed by atoms with Crippen LogP contribution in [0.25, 0.3) is 5.69 Å². The molecule has 21 heavy (non-hydrogen) atoms. The molecule has 0 bridgehead atoms. The first kappa shape index (κ1) is 13.4. The maximum absolute atomic E-state index is 12.1. The Morgan fingerprint density at radius 2 is 1.81 bits per heavy atom. The molecule has 5 heteroatoms. The molecule has 0 radical (unpaired) electrons.